The highest BCUT2D eigenvalue weighted by Crippen LogP contribution is 2.38. The first kappa shape index (κ1) is 13.4. The van der Waals surface area contributed by atoms with Crippen LogP contribution in [0.25, 0.3) is 0 Å². The summed E-state index contributed by atoms with van der Waals surface area (Å²) < 4.78 is 26.8. The van der Waals surface area contributed by atoms with Crippen molar-refractivity contribution in [2.45, 2.75) is 17.7 Å². The molecule has 1 atom stereocenters. The van der Waals surface area contributed by atoms with E-state index in [1.54, 1.807) is 22.5 Å². The molecule has 0 aliphatic carbocycles. The molecule has 6 heteroatoms. The lowest BCUT2D eigenvalue weighted by Gasteiger charge is -2.22. The van der Waals surface area contributed by atoms with Crippen LogP contribution in [-0.4, -0.2) is 38.9 Å². The van der Waals surface area contributed by atoms with Gasteiger partial charge in [0.2, 0.25) is 10.0 Å². The smallest absolute Gasteiger partial charge is 0.243 e. The molecule has 2 fully saturated rings. The Balaban J connectivity index is 1.86. The van der Waals surface area contributed by atoms with Crippen LogP contribution in [0.2, 0.25) is 5.02 Å². The predicted octanol–water partition coefficient (Wildman–Crippen LogP) is 1.71. The Morgan fingerprint density at radius 1 is 1.32 bits per heavy atom. The Labute approximate surface area is 118 Å². The molecule has 1 unspecified atom stereocenters. The number of hydrogen-bond acceptors (Lipinski definition) is 3. The van der Waals surface area contributed by atoms with E-state index in [4.69, 9.17) is 11.6 Å². The Kier molecular flexibility index (Phi) is 3.33. The minimum Gasteiger partial charge on any atom is -0.316 e. The second-order valence-electron chi connectivity index (χ2n) is 5.47. The normalized spacial score (nSPS) is 28.3. The lowest BCUT2D eigenvalue weighted by Crippen LogP contribution is -2.33. The van der Waals surface area contributed by atoms with Gasteiger partial charge in [0.1, 0.15) is 0 Å². The van der Waals surface area contributed by atoms with Gasteiger partial charge < -0.3 is 5.32 Å². The second kappa shape index (κ2) is 4.74. The lowest BCUT2D eigenvalue weighted by atomic mass is 9.87. The fourth-order valence-electron chi connectivity index (χ4n) is 3.02. The van der Waals surface area contributed by atoms with Gasteiger partial charge in [-0.25, -0.2) is 8.42 Å². The molecular formula is C13H17ClN2O2S. The Morgan fingerprint density at radius 3 is 2.84 bits per heavy atom. The Bertz CT molecular complexity index is 582. The number of rotatable bonds is 2. The maximum atomic E-state index is 12.6. The molecule has 0 radical (unpaired) electrons. The van der Waals surface area contributed by atoms with E-state index in [0.29, 0.717) is 23.0 Å². The van der Waals surface area contributed by atoms with Crippen LogP contribution in [0.15, 0.2) is 29.2 Å². The summed E-state index contributed by atoms with van der Waals surface area (Å²) in [4.78, 5) is 0.294. The molecule has 2 heterocycles. The molecule has 1 aromatic rings. The number of halogens is 1. The van der Waals surface area contributed by atoms with Gasteiger partial charge in [0, 0.05) is 24.7 Å². The molecule has 2 aliphatic rings. The largest absolute Gasteiger partial charge is 0.316 e. The van der Waals surface area contributed by atoms with Crippen molar-refractivity contribution < 1.29 is 8.42 Å². The van der Waals surface area contributed by atoms with Crippen LogP contribution in [0.1, 0.15) is 12.8 Å². The second-order valence-corrected chi connectivity index (χ2v) is 7.85. The average Bonchev–Trinajstić information content (AvgIpc) is 3.01. The van der Waals surface area contributed by atoms with Crippen molar-refractivity contribution in [3.05, 3.63) is 29.3 Å². The van der Waals surface area contributed by atoms with Crippen molar-refractivity contribution in [2.75, 3.05) is 26.2 Å². The van der Waals surface area contributed by atoms with Gasteiger partial charge in [-0.05, 0) is 43.0 Å². The standard InChI is InChI=1S/C13H17ClN2O2S/c14-11-2-1-3-12(8-11)19(17,18)16-7-5-13(10-16)4-6-15-9-13/h1-3,8,15H,4-7,9-10H2. The van der Waals surface area contributed by atoms with E-state index in [-0.39, 0.29) is 5.41 Å². The highest BCUT2D eigenvalue weighted by Gasteiger charge is 2.44. The molecule has 1 aromatic carbocycles. The third-order valence-corrected chi connectivity index (χ3v) is 6.25. The van der Waals surface area contributed by atoms with Gasteiger partial charge in [-0.15, -0.1) is 0 Å². The molecule has 1 spiro atoms. The van der Waals surface area contributed by atoms with Crippen LogP contribution >= 0.6 is 11.6 Å². The van der Waals surface area contributed by atoms with E-state index < -0.39 is 10.0 Å². The number of nitrogens with one attached hydrogen (secondary N) is 1. The first-order valence-corrected chi connectivity index (χ1v) is 8.30. The van der Waals surface area contributed by atoms with Gasteiger partial charge in [0.25, 0.3) is 0 Å². The van der Waals surface area contributed by atoms with Gasteiger partial charge in [0.05, 0.1) is 4.90 Å². The minimum absolute atomic E-state index is 0.144. The number of benzene rings is 1. The topological polar surface area (TPSA) is 49.4 Å². The molecule has 0 aromatic heterocycles. The van der Waals surface area contributed by atoms with Crippen molar-refractivity contribution in [2.24, 2.45) is 5.41 Å². The number of sulfonamides is 1. The van der Waals surface area contributed by atoms with Crippen LogP contribution in [0.5, 0.6) is 0 Å². The zero-order valence-corrected chi connectivity index (χ0v) is 12.2. The Hall–Kier alpha value is -0.620. The van der Waals surface area contributed by atoms with Crippen molar-refractivity contribution in [1.82, 2.24) is 9.62 Å². The SMILES string of the molecule is O=S(=O)(c1cccc(Cl)c1)N1CCC2(CCNC2)C1. The summed E-state index contributed by atoms with van der Waals surface area (Å²) in [5, 5.41) is 3.79. The van der Waals surface area contributed by atoms with Crippen LogP contribution in [0.4, 0.5) is 0 Å². The summed E-state index contributed by atoms with van der Waals surface area (Å²) >= 11 is 5.89. The van der Waals surface area contributed by atoms with E-state index in [9.17, 15) is 8.42 Å². The van der Waals surface area contributed by atoms with Crippen LogP contribution in [0, 0.1) is 5.41 Å². The summed E-state index contributed by atoms with van der Waals surface area (Å²) in [7, 11) is -3.40. The summed E-state index contributed by atoms with van der Waals surface area (Å²) in [6.07, 6.45) is 2.01. The van der Waals surface area contributed by atoms with Crippen molar-refractivity contribution in [1.29, 1.82) is 0 Å². The van der Waals surface area contributed by atoms with E-state index in [2.05, 4.69) is 5.32 Å². The summed E-state index contributed by atoms with van der Waals surface area (Å²) in [5.41, 5.74) is 0.144. The molecule has 2 saturated heterocycles. The zero-order chi connectivity index (χ0) is 13.5. The van der Waals surface area contributed by atoms with E-state index in [0.717, 1.165) is 25.9 Å². The molecule has 1 N–H and O–H groups in total. The fraction of sp³-hybridized carbons (Fsp3) is 0.538. The fourth-order valence-corrected chi connectivity index (χ4v) is 4.87. The molecule has 0 saturated carbocycles. The number of nitrogens with zero attached hydrogens (tertiary/aromatic N) is 1. The van der Waals surface area contributed by atoms with Crippen LogP contribution in [0.3, 0.4) is 0 Å². The molecular weight excluding hydrogens is 284 g/mol. The third kappa shape index (κ3) is 2.40. The Morgan fingerprint density at radius 2 is 2.16 bits per heavy atom. The van der Waals surface area contributed by atoms with Gasteiger partial charge in [-0.2, -0.15) is 4.31 Å². The van der Waals surface area contributed by atoms with Crippen molar-refractivity contribution in [3.8, 4) is 0 Å². The van der Waals surface area contributed by atoms with E-state index in [1.165, 1.54) is 6.07 Å². The first-order valence-electron chi connectivity index (χ1n) is 6.48. The average molecular weight is 301 g/mol. The molecule has 3 rings (SSSR count). The highest BCUT2D eigenvalue weighted by atomic mass is 35.5. The molecule has 4 nitrogen and oxygen atoms in total. The zero-order valence-electron chi connectivity index (χ0n) is 10.6. The highest BCUT2D eigenvalue weighted by molar-refractivity contribution is 7.89. The van der Waals surface area contributed by atoms with Gasteiger partial charge in [-0.1, -0.05) is 17.7 Å². The maximum Gasteiger partial charge on any atom is 0.243 e. The summed E-state index contributed by atoms with van der Waals surface area (Å²) in [6, 6.07) is 6.50. The van der Waals surface area contributed by atoms with Crippen LogP contribution in [-0.2, 0) is 10.0 Å². The maximum absolute atomic E-state index is 12.6. The van der Waals surface area contributed by atoms with Gasteiger partial charge in [-0.3, -0.25) is 0 Å². The van der Waals surface area contributed by atoms with Crippen LogP contribution < -0.4 is 5.32 Å². The van der Waals surface area contributed by atoms with E-state index >= 15 is 0 Å². The monoisotopic (exact) mass is 300 g/mol. The molecule has 104 valence electrons. The molecule has 0 bridgehead atoms. The summed E-state index contributed by atoms with van der Waals surface area (Å²) in [5.74, 6) is 0. The molecule has 2 aliphatic heterocycles. The summed E-state index contributed by atoms with van der Waals surface area (Å²) in [6.45, 7) is 3.14. The third-order valence-electron chi connectivity index (χ3n) is 4.17. The number of hydrogen-bond donors (Lipinski definition) is 1. The first-order chi connectivity index (χ1) is 9.02. The van der Waals surface area contributed by atoms with Gasteiger partial charge in [0.15, 0.2) is 0 Å². The quantitative estimate of drug-likeness (QED) is 0.905. The van der Waals surface area contributed by atoms with Gasteiger partial charge >= 0.3 is 0 Å². The molecule has 0 amide bonds. The molecule has 19 heavy (non-hydrogen) atoms. The van der Waals surface area contributed by atoms with Crippen molar-refractivity contribution in [3.63, 3.8) is 0 Å². The minimum atomic E-state index is -3.40. The van der Waals surface area contributed by atoms with Crippen molar-refractivity contribution >= 4 is 21.6 Å². The van der Waals surface area contributed by atoms with E-state index in [1.807, 2.05) is 0 Å². The lowest BCUT2D eigenvalue weighted by molar-refractivity contribution is 0.338. The predicted molar refractivity (Wildman–Crippen MR) is 74.7 cm³/mol.